The summed E-state index contributed by atoms with van der Waals surface area (Å²) >= 11 is 5.85. The Morgan fingerprint density at radius 2 is 1.81 bits per heavy atom. The van der Waals surface area contributed by atoms with Crippen LogP contribution in [0.25, 0.3) is 0 Å². The average molecular weight is 366 g/mol. The monoisotopic (exact) mass is 365 g/mol. The van der Waals surface area contributed by atoms with Crippen molar-refractivity contribution in [1.29, 1.82) is 0 Å². The summed E-state index contributed by atoms with van der Waals surface area (Å²) in [4.78, 5) is 16.4. The summed E-state index contributed by atoms with van der Waals surface area (Å²) in [5, 5.41) is 6.80. The number of pyridine rings is 1. The molecule has 26 heavy (non-hydrogen) atoms. The maximum atomic E-state index is 12.1. The molecule has 0 saturated heterocycles. The zero-order chi connectivity index (χ0) is 18.4. The van der Waals surface area contributed by atoms with E-state index in [4.69, 9.17) is 11.6 Å². The lowest BCUT2D eigenvalue weighted by Gasteiger charge is -2.10. The molecule has 1 aromatic heterocycles. The number of carbonyl (C=O) groups is 1. The van der Waals surface area contributed by atoms with E-state index in [9.17, 15) is 4.79 Å². The Hall–Kier alpha value is -2.85. The van der Waals surface area contributed by atoms with Gasteiger partial charge in [0.25, 0.3) is 0 Å². The van der Waals surface area contributed by atoms with Crippen LogP contribution in [0.5, 0.6) is 0 Å². The first-order valence-corrected chi connectivity index (χ1v) is 8.77. The van der Waals surface area contributed by atoms with Crippen molar-refractivity contribution in [2.75, 3.05) is 10.6 Å². The van der Waals surface area contributed by atoms with E-state index >= 15 is 0 Å². The van der Waals surface area contributed by atoms with Gasteiger partial charge in [-0.15, -0.1) is 0 Å². The Kier molecular flexibility index (Phi) is 5.87. The fourth-order valence-corrected chi connectivity index (χ4v) is 2.68. The molecule has 4 nitrogen and oxygen atoms in total. The highest BCUT2D eigenvalue weighted by atomic mass is 35.5. The van der Waals surface area contributed by atoms with Gasteiger partial charge >= 0.3 is 0 Å². The summed E-state index contributed by atoms with van der Waals surface area (Å²) in [7, 11) is 0. The first-order valence-electron chi connectivity index (χ1n) is 8.39. The summed E-state index contributed by atoms with van der Waals surface area (Å²) in [6, 6.07) is 19.2. The standard InChI is InChI=1S/C21H20ClN3O/c1-15-4-2-3-5-17(15)13-23-19-10-11-20(24-14-19)25-21(26)12-16-6-8-18(22)9-7-16/h2-11,14,23H,12-13H2,1H3,(H,24,25,26). The van der Waals surface area contributed by atoms with Gasteiger partial charge < -0.3 is 10.6 Å². The minimum Gasteiger partial charge on any atom is -0.380 e. The summed E-state index contributed by atoms with van der Waals surface area (Å²) in [5.74, 6) is 0.422. The summed E-state index contributed by atoms with van der Waals surface area (Å²) in [6.07, 6.45) is 2.00. The number of amides is 1. The van der Waals surface area contributed by atoms with Crippen LogP contribution in [0.2, 0.25) is 5.02 Å². The highest BCUT2D eigenvalue weighted by Crippen LogP contribution is 2.14. The lowest BCUT2D eigenvalue weighted by Crippen LogP contribution is -2.15. The Bertz CT molecular complexity index is 877. The molecule has 0 radical (unpaired) electrons. The Morgan fingerprint density at radius 1 is 1.04 bits per heavy atom. The van der Waals surface area contributed by atoms with E-state index in [1.807, 2.05) is 30.3 Å². The fraction of sp³-hybridized carbons (Fsp3) is 0.143. The molecule has 0 bridgehead atoms. The largest absolute Gasteiger partial charge is 0.380 e. The van der Waals surface area contributed by atoms with Gasteiger partial charge in [0, 0.05) is 11.6 Å². The third-order valence-corrected chi connectivity index (χ3v) is 4.31. The number of anilines is 2. The predicted octanol–water partition coefficient (Wildman–Crippen LogP) is 4.84. The highest BCUT2D eigenvalue weighted by Gasteiger charge is 2.05. The van der Waals surface area contributed by atoms with Crippen LogP contribution in [0, 0.1) is 6.92 Å². The minimum atomic E-state index is -0.111. The number of hydrogen-bond donors (Lipinski definition) is 2. The van der Waals surface area contributed by atoms with Crippen LogP contribution >= 0.6 is 11.6 Å². The molecule has 0 saturated carbocycles. The van der Waals surface area contributed by atoms with Gasteiger partial charge in [-0.3, -0.25) is 4.79 Å². The van der Waals surface area contributed by atoms with Crippen molar-refractivity contribution in [3.63, 3.8) is 0 Å². The molecule has 2 N–H and O–H groups in total. The van der Waals surface area contributed by atoms with Gasteiger partial charge in [-0.2, -0.15) is 0 Å². The van der Waals surface area contributed by atoms with E-state index in [0.29, 0.717) is 10.8 Å². The number of halogens is 1. The second-order valence-electron chi connectivity index (χ2n) is 6.06. The summed E-state index contributed by atoms with van der Waals surface area (Å²) < 4.78 is 0. The summed E-state index contributed by atoms with van der Waals surface area (Å²) in [5.41, 5.74) is 4.30. The Labute approximate surface area is 158 Å². The van der Waals surface area contributed by atoms with Crippen molar-refractivity contribution in [2.24, 2.45) is 0 Å². The van der Waals surface area contributed by atoms with E-state index < -0.39 is 0 Å². The van der Waals surface area contributed by atoms with Crippen LogP contribution in [0.15, 0.2) is 66.9 Å². The molecule has 0 spiro atoms. The quantitative estimate of drug-likeness (QED) is 0.657. The van der Waals surface area contributed by atoms with E-state index in [2.05, 4.69) is 34.7 Å². The topological polar surface area (TPSA) is 54.0 Å². The fourth-order valence-electron chi connectivity index (χ4n) is 2.55. The number of nitrogens with zero attached hydrogens (tertiary/aromatic N) is 1. The van der Waals surface area contributed by atoms with Gasteiger partial charge in [0.15, 0.2) is 0 Å². The summed E-state index contributed by atoms with van der Waals surface area (Å²) in [6.45, 7) is 2.82. The van der Waals surface area contributed by atoms with E-state index in [1.165, 1.54) is 11.1 Å². The molecule has 1 heterocycles. The van der Waals surface area contributed by atoms with Crippen LogP contribution in [-0.2, 0) is 17.8 Å². The Morgan fingerprint density at radius 3 is 2.50 bits per heavy atom. The number of carbonyl (C=O) groups excluding carboxylic acids is 1. The highest BCUT2D eigenvalue weighted by molar-refractivity contribution is 6.30. The smallest absolute Gasteiger partial charge is 0.229 e. The van der Waals surface area contributed by atoms with Crippen molar-refractivity contribution >= 4 is 29.0 Å². The molecule has 3 aromatic rings. The van der Waals surface area contributed by atoms with E-state index in [-0.39, 0.29) is 12.3 Å². The lowest BCUT2D eigenvalue weighted by molar-refractivity contribution is -0.115. The molecule has 0 fully saturated rings. The molecule has 5 heteroatoms. The maximum absolute atomic E-state index is 12.1. The van der Waals surface area contributed by atoms with E-state index in [0.717, 1.165) is 17.8 Å². The number of hydrogen-bond acceptors (Lipinski definition) is 3. The molecule has 0 aliphatic rings. The lowest BCUT2D eigenvalue weighted by atomic mass is 10.1. The maximum Gasteiger partial charge on any atom is 0.229 e. The second kappa shape index (κ2) is 8.50. The molecule has 2 aromatic carbocycles. The molecular weight excluding hydrogens is 346 g/mol. The van der Waals surface area contributed by atoms with Crippen LogP contribution in [0.4, 0.5) is 11.5 Å². The van der Waals surface area contributed by atoms with Crippen molar-refractivity contribution in [3.05, 3.63) is 88.6 Å². The molecule has 0 aliphatic carbocycles. The number of benzene rings is 2. The van der Waals surface area contributed by atoms with Gasteiger partial charge in [0.1, 0.15) is 5.82 Å². The number of nitrogens with one attached hydrogen (secondary N) is 2. The molecule has 132 valence electrons. The van der Waals surface area contributed by atoms with Crippen molar-refractivity contribution in [2.45, 2.75) is 19.9 Å². The van der Waals surface area contributed by atoms with Gasteiger partial charge in [0.05, 0.1) is 18.3 Å². The number of rotatable bonds is 6. The number of aromatic nitrogens is 1. The first-order chi connectivity index (χ1) is 12.6. The van der Waals surface area contributed by atoms with Crippen LogP contribution in [0.3, 0.4) is 0 Å². The molecule has 0 atom stereocenters. The second-order valence-corrected chi connectivity index (χ2v) is 6.50. The zero-order valence-electron chi connectivity index (χ0n) is 14.5. The molecule has 0 aliphatic heterocycles. The van der Waals surface area contributed by atoms with Crippen LogP contribution in [0.1, 0.15) is 16.7 Å². The van der Waals surface area contributed by atoms with Crippen molar-refractivity contribution in [1.82, 2.24) is 4.98 Å². The van der Waals surface area contributed by atoms with Crippen LogP contribution < -0.4 is 10.6 Å². The van der Waals surface area contributed by atoms with E-state index in [1.54, 1.807) is 24.4 Å². The van der Waals surface area contributed by atoms with Gasteiger partial charge in [-0.25, -0.2) is 4.98 Å². The third-order valence-electron chi connectivity index (χ3n) is 4.05. The Balaban J connectivity index is 1.53. The minimum absolute atomic E-state index is 0.111. The molecular formula is C21H20ClN3O. The van der Waals surface area contributed by atoms with Crippen LogP contribution in [-0.4, -0.2) is 10.9 Å². The SMILES string of the molecule is Cc1ccccc1CNc1ccc(NC(=O)Cc2ccc(Cl)cc2)nc1. The average Bonchev–Trinajstić information content (AvgIpc) is 2.64. The number of aryl methyl sites for hydroxylation is 1. The molecule has 1 amide bonds. The van der Waals surface area contributed by atoms with Crippen molar-refractivity contribution in [3.8, 4) is 0 Å². The molecule has 0 unspecified atom stereocenters. The van der Waals surface area contributed by atoms with Gasteiger partial charge in [-0.1, -0.05) is 48.0 Å². The first kappa shape index (κ1) is 18.0. The third kappa shape index (κ3) is 5.07. The van der Waals surface area contributed by atoms with Crippen molar-refractivity contribution < 1.29 is 4.79 Å². The van der Waals surface area contributed by atoms with Gasteiger partial charge in [0.2, 0.25) is 5.91 Å². The zero-order valence-corrected chi connectivity index (χ0v) is 15.3. The van der Waals surface area contributed by atoms with Gasteiger partial charge in [-0.05, 0) is 47.9 Å². The molecule has 3 rings (SSSR count). The predicted molar refractivity (Wildman–Crippen MR) is 107 cm³/mol. The normalized spacial score (nSPS) is 10.4.